The molecule has 0 aromatic heterocycles. The van der Waals surface area contributed by atoms with Crippen molar-refractivity contribution < 1.29 is 9.59 Å². The Morgan fingerprint density at radius 3 is 2.57 bits per heavy atom. The molecule has 1 saturated heterocycles. The van der Waals surface area contributed by atoms with E-state index in [1.165, 1.54) is 32.1 Å². The number of carbonyl (C=O) groups excluding carboxylic acids is 2. The van der Waals surface area contributed by atoms with Gasteiger partial charge in [0.25, 0.3) is 0 Å². The summed E-state index contributed by atoms with van der Waals surface area (Å²) in [6.07, 6.45) is 10.8. The van der Waals surface area contributed by atoms with E-state index in [0.29, 0.717) is 18.9 Å². The first-order chi connectivity index (χ1) is 10.1. The number of hydrogen-bond donors (Lipinski definition) is 1. The van der Waals surface area contributed by atoms with Gasteiger partial charge in [0.05, 0.1) is 0 Å². The summed E-state index contributed by atoms with van der Waals surface area (Å²) in [4.78, 5) is 26.9. The molecular formula is C16H26N2O2S. The van der Waals surface area contributed by atoms with Gasteiger partial charge >= 0.3 is 0 Å². The molecule has 3 rings (SSSR count). The zero-order chi connectivity index (χ0) is 14.9. The van der Waals surface area contributed by atoms with E-state index in [1.807, 2.05) is 16.7 Å². The number of amides is 2. The molecule has 3 fully saturated rings. The second kappa shape index (κ2) is 6.19. The van der Waals surface area contributed by atoms with Crippen LogP contribution in [0.15, 0.2) is 0 Å². The molecule has 0 spiro atoms. The van der Waals surface area contributed by atoms with Crippen LogP contribution in [0.1, 0.15) is 51.4 Å². The third-order valence-electron chi connectivity index (χ3n) is 5.34. The Balaban J connectivity index is 1.72. The third kappa shape index (κ3) is 3.38. The van der Waals surface area contributed by atoms with Crippen LogP contribution in [0.3, 0.4) is 0 Å². The summed E-state index contributed by atoms with van der Waals surface area (Å²) in [7, 11) is 0. The van der Waals surface area contributed by atoms with Gasteiger partial charge in [0, 0.05) is 24.3 Å². The maximum Gasteiger partial charge on any atom is 0.245 e. The molecule has 2 saturated carbocycles. The van der Waals surface area contributed by atoms with Crippen LogP contribution >= 0.6 is 11.8 Å². The molecule has 118 valence electrons. The fourth-order valence-electron chi connectivity index (χ4n) is 3.71. The molecule has 3 aliphatic rings. The lowest BCUT2D eigenvalue weighted by Crippen LogP contribution is -2.50. The lowest BCUT2D eigenvalue weighted by Gasteiger charge is -2.33. The number of rotatable bonds is 4. The van der Waals surface area contributed by atoms with Crippen LogP contribution in [-0.2, 0) is 9.59 Å². The first-order valence-electron chi connectivity index (χ1n) is 8.27. The summed E-state index contributed by atoms with van der Waals surface area (Å²) in [5.41, 5.74) is 0. The Bertz CT molecular complexity index is 417. The maximum absolute atomic E-state index is 12.9. The molecule has 1 atom stereocenters. The average Bonchev–Trinajstić information content (AvgIpc) is 3.30. The summed E-state index contributed by atoms with van der Waals surface area (Å²) in [5, 5.41) is 3.02. The molecule has 1 aliphatic heterocycles. The fourth-order valence-corrected chi connectivity index (χ4v) is 4.50. The summed E-state index contributed by atoms with van der Waals surface area (Å²) in [6.45, 7) is 1.42. The van der Waals surface area contributed by atoms with Crippen molar-refractivity contribution in [3.8, 4) is 0 Å². The van der Waals surface area contributed by atoms with Gasteiger partial charge in [0.15, 0.2) is 0 Å². The van der Waals surface area contributed by atoms with E-state index in [4.69, 9.17) is 0 Å². The van der Waals surface area contributed by atoms with Crippen LogP contribution < -0.4 is 5.32 Å². The van der Waals surface area contributed by atoms with E-state index >= 15 is 0 Å². The number of carbonyl (C=O) groups is 2. The first-order valence-corrected chi connectivity index (χ1v) is 9.49. The van der Waals surface area contributed by atoms with Gasteiger partial charge in [-0.25, -0.2) is 0 Å². The van der Waals surface area contributed by atoms with Crippen LogP contribution in [0.2, 0.25) is 0 Å². The summed E-state index contributed by atoms with van der Waals surface area (Å²) in [6, 6.07) is -0.266. The minimum atomic E-state index is -0.266. The smallest absolute Gasteiger partial charge is 0.245 e. The van der Waals surface area contributed by atoms with Gasteiger partial charge in [-0.1, -0.05) is 19.3 Å². The van der Waals surface area contributed by atoms with E-state index in [-0.39, 0.29) is 22.6 Å². The van der Waals surface area contributed by atoms with Gasteiger partial charge in [0.1, 0.15) is 6.04 Å². The van der Waals surface area contributed by atoms with E-state index in [0.717, 1.165) is 19.4 Å². The minimum absolute atomic E-state index is 0.0513. The number of nitrogens with zero attached hydrogens (tertiary/aromatic N) is 1. The molecule has 2 aliphatic carbocycles. The summed E-state index contributed by atoms with van der Waals surface area (Å²) >= 11 is 1.88. The van der Waals surface area contributed by atoms with Crippen molar-refractivity contribution in [2.75, 3.05) is 19.3 Å². The molecule has 1 N–H and O–H groups in total. The molecule has 21 heavy (non-hydrogen) atoms. The highest BCUT2D eigenvalue weighted by atomic mass is 32.2. The second-order valence-electron chi connectivity index (χ2n) is 6.84. The Kier molecular flexibility index (Phi) is 4.48. The fraction of sp³-hybridized carbons (Fsp3) is 0.875. The molecule has 0 aromatic rings. The Morgan fingerprint density at radius 1 is 1.24 bits per heavy atom. The molecule has 4 nitrogen and oxygen atoms in total. The van der Waals surface area contributed by atoms with Crippen molar-refractivity contribution in [2.24, 2.45) is 5.92 Å². The quantitative estimate of drug-likeness (QED) is 0.866. The first kappa shape index (κ1) is 15.2. The third-order valence-corrected chi connectivity index (χ3v) is 6.75. The van der Waals surface area contributed by atoms with Gasteiger partial charge in [0.2, 0.25) is 11.8 Å². The monoisotopic (exact) mass is 310 g/mol. The average molecular weight is 310 g/mol. The van der Waals surface area contributed by atoms with Crippen LogP contribution in [-0.4, -0.2) is 46.8 Å². The van der Waals surface area contributed by atoms with Gasteiger partial charge < -0.3 is 10.2 Å². The lowest BCUT2D eigenvalue weighted by atomic mass is 9.83. The van der Waals surface area contributed by atoms with Crippen LogP contribution in [0.5, 0.6) is 0 Å². The van der Waals surface area contributed by atoms with Gasteiger partial charge in [-0.15, -0.1) is 0 Å². The van der Waals surface area contributed by atoms with Crippen molar-refractivity contribution in [3.05, 3.63) is 0 Å². The van der Waals surface area contributed by atoms with E-state index < -0.39 is 0 Å². The zero-order valence-electron chi connectivity index (χ0n) is 12.9. The summed E-state index contributed by atoms with van der Waals surface area (Å²) in [5.74, 6) is 0.573. The van der Waals surface area contributed by atoms with Crippen molar-refractivity contribution in [3.63, 3.8) is 0 Å². The van der Waals surface area contributed by atoms with Crippen molar-refractivity contribution >= 4 is 23.6 Å². The van der Waals surface area contributed by atoms with E-state index in [1.54, 1.807) is 0 Å². The summed E-state index contributed by atoms with van der Waals surface area (Å²) < 4.78 is 0.278. The second-order valence-corrected chi connectivity index (χ2v) is 8.11. The number of thioether (sulfide) groups is 1. The highest BCUT2D eigenvalue weighted by molar-refractivity contribution is 8.00. The molecule has 2 amide bonds. The van der Waals surface area contributed by atoms with Crippen LogP contribution in [0, 0.1) is 5.92 Å². The molecule has 0 bridgehead atoms. The maximum atomic E-state index is 12.9. The number of nitrogens with one attached hydrogen (secondary N) is 1. The highest BCUT2D eigenvalue weighted by Crippen LogP contribution is 2.47. The molecule has 0 aromatic carbocycles. The predicted octanol–water partition coefficient (Wildman–Crippen LogP) is 2.18. The molecule has 1 heterocycles. The van der Waals surface area contributed by atoms with E-state index in [9.17, 15) is 9.59 Å². The van der Waals surface area contributed by atoms with Crippen LogP contribution in [0.4, 0.5) is 0 Å². The molecular weight excluding hydrogens is 284 g/mol. The lowest BCUT2D eigenvalue weighted by molar-refractivity contribution is -0.135. The molecule has 5 heteroatoms. The molecule has 0 radical (unpaired) electrons. The largest absolute Gasteiger partial charge is 0.344 e. The standard InChI is InChI=1S/C16H26N2O2S/c1-21-16(8-9-16)11-18-10-7-13(19)17-14(15(18)20)12-5-3-2-4-6-12/h12,14H,2-11H2,1H3,(H,17,19). The predicted molar refractivity (Wildman–Crippen MR) is 85.2 cm³/mol. The molecule has 1 unspecified atom stereocenters. The van der Waals surface area contributed by atoms with E-state index in [2.05, 4.69) is 11.6 Å². The Morgan fingerprint density at radius 2 is 1.95 bits per heavy atom. The topological polar surface area (TPSA) is 49.4 Å². The SMILES string of the molecule is CSC1(CN2CCC(=O)NC(C3CCCCC3)C2=O)CC1. The van der Waals surface area contributed by atoms with Crippen LogP contribution in [0.25, 0.3) is 0 Å². The normalized spacial score (nSPS) is 30.0. The Labute approximate surface area is 131 Å². The van der Waals surface area contributed by atoms with Gasteiger partial charge in [-0.3, -0.25) is 9.59 Å². The zero-order valence-corrected chi connectivity index (χ0v) is 13.7. The van der Waals surface area contributed by atoms with Crippen molar-refractivity contribution in [2.45, 2.75) is 62.2 Å². The van der Waals surface area contributed by atoms with Crippen molar-refractivity contribution in [1.82, 2.24) is 10.2 Å². The Hall–Kier alpha value is -0.710. The van der Waals surface area contributed by atoms with Crippen molar-refractivity contribution in [1.29, 1.82) is 0 Å². The highest BCUT2D eigenvalue weighted by Gasteiger charge is 2.46. The van der Waals surface area contributed by atoms with Gasteiger partial charge in [-0.05, 0) is 37.9 Å². The minimum Gasteiger partial charge on any atom is -0.344 e. The van der Waals surface area contributed by atoms with Gasteiger partial charge in [-0.2, -0.15) is 11.8 Å². The number of hydrogen-bond acceptors (Lipinski definition) is 3.